The Morgan fingerprint density at radius 3 is 2.24 bits per heavy atom. The first-order valence-electron chi connectivity index (χ1n) is 7.03. The molecule has 2 N–H and O–H groups in total. The number of ether oxygens (including phenoxy) is 2. The van der Waals surface area contributed by atoms with E-state index in [-0.39, 0.29) is 5.70 Å². The molecule has 2 aromatic rings. The lowest BCUT2D eigenvalue weighted by Crippen LogP contribution is -2.15. The van der Waals surface area contributed by atoms with Crippen molar-refractivity contribution in [3.05, 3.63) is 53.3 Å². The number of nitrogens with zero attached hydrogens (tertiary/aromatic N) is 2. The quantitative estimate of drug-likeness (QED) is 0.597. The smallest absolute Gasteiger partial charge is 0.354 e. The molecular formula is C16H15ClN4O4. The zero-order valence-electron chi connectivity index (χ0n) is 13.4. The first kappa shape index (κ1) is 18.2. The molecule has 0 saturated carbocycles. The molecule has 1 heterocycles. The van der Waals surface area contributed by atoms with Gasteiger partial charge in [0.05, 0.1) is 20.3 Å². The Hall–Kier alpha value is -3.13. The molecule has 130 valence electrons. The summed E-state index contributed by atoms with van der Waals surface area (Å²) in [5, 5.41) is 13.8. The first-order valence-corrected chi connectivity index (χ1v) is 7.41. The van der Waals surface area contributed by atoms with Gasteiger partial charge in [0.25, 0.3) is 0 Å². The Bertz CT molecular complexity index is 776. The van der Waals surface area contributed by atoms with Crippen LogP contribution in [0.25, 0.3) is 0 Å². The van der Waals surface area contributed by atoms with Crippen molar-refractivity contribution < 1.29 is 19.1 Å². The van der Waals surface area contributed by atoms with E-state index in [1.807, 2.05) is 0 Å². The van der Waals surface area contributed by atoms with E-state index in [0.29, 0.717) is 16.7 Å². The molecule has 0 atom stereocenters. The van der Waals surface area contributed by atoms with Gasteiger partial charge in [0.2, 0.25) is 0 Å². The Kier molecular flexibility index (Phi) is 6.30. The minimum atomic E-state index is -0.691. The average molecular weight is 363 g/mol. The van der Waals surface area contributed by atoms with Crippen LogP contribution in [0.5, 0.6) is 0 Å². The lowest BCUT2D eigenvalue weighted by molar-refractivity contribution is -0.138. The molecule has 0 radical (unpaired) electrons. The molecule has 0 bridgehead atoms. The number of halogens is 1. The summed E-state index contributed by atoms with van der Waals surface area (Å²) in [5.41, 5.74) is 1.28. The van der Waals surface area contributed by atoms with Crippen LogP contribution >= 0.6 is 11.6 Å². The summed E-state index contributed by atoms with van der Waals surface area (Å²) in [4.78, 5) is 23.0. The third-order valence-corrected chi connectivity index (χ3v) is 3.14. The van der Waals surface area contributed by atoms with Crippen molar-refractivity contribution in [1.82, 2.24) is 10.2 Å². The van der Waals surface area contributed by atoms with Gasteiger partial charge in [0.1, 0.15) is 5.70 Å². The van der Waals surface area contributed by atoms with E-state index >= 15 is 0 Å². The Balaban J connectivity index is 2.09. The minimum absolute atomic E-state index is 0.0429. The average Bonchev–Trinajstić information content (AvgIpc) is 2.63. The highest BCUT2D eigenvalue weighted by molar-refractivity contribution is 6.29. The number of hydrogen-bond acceptors (Lipinski definition) is 8. The van der Waals surface area contributed by atoms with Crippen LogP contribution in [-0.4, -0.2) is 36.4 Å². The molecule has 0 saturated heterocycles. The Labute approximate surface area is 148 Å². The number of anilines is 3. The van der Waals surface area contributed by atoms with Gasteiger partial charge >= 0.3 is 11.9 Å². The normalized spacial score (nSPS) is 10.8. The molecule has 9 heteroatoms. The second-order valence-corrected chi connectivity index (χ2v) is 5.03. The fourth-order valence-corrected chi connectivity index (χ4v) is 1.86. The molecule has 1 aromatic heterocycles. The molecule has 0 aliphatic carbocycles. The second-order valence-electron chi connectivity index (χ2n) is 4.64. The van der Waals surface area contributed by atoms with Gasteiger partial charge in [0.15, 0.2) is 11.0 Å². The van der Waals surface area contributed by atoms with Gasteiger partial charge < -0.3 is 20.1 Å². The van der Waals surface area contributed by atoms with Gasteiger partial charge in [-0.15, -0.1) is 10.2 Å². The maximum Gasteiger partial charge on any atom is 0.354 e. The minimum Gasteiger partial charge on any atom is -0.466 e. The zero-order chi connectivity index (χ0) is 18.2. The largest absolute Gasteiger partial charge is 0.466 e. The van der Waals surface area contributed by atoms with Crippen molar-refractivity contribution in [3.8, 4) is 0 Å². The summed E-state index contributed by atoms with van der Waals surface area (Å²) in [5.74, 6) is -0.831. The maximum atomic E-state index is 11.7. The number of carbonyl (C=O) groups excluding carboxylic acids is 2. The Morgan fingerprint density at radius 2 is 1.68 bits per heavy atom. The molecule has 1 aromatic carbocycles. The standard InChI is InChI=1S/C16H15ClN4O4/c1-24-15(22)9-12(16(23)25-2)18-10-3-5-11(6-4-10)19-14-8-7-13(17)20-21-14/h3-9,18H,1-2H3,(H,19,21)/b12-9+. The van der Waals surface area contributed by atoms with Gasteiger partial charge in [0, 0.05) is 11.4 Å². The van der Waals surface area contributed by atoms with E-state index in [0.717, 1.165) is 11.8 Å². The number of esters is 2. The van der Waals surface area contributed by atoms with Crippen molar-refractivity contribution in [3.63, 3.8) is 0 Å². The van der Waals surface area contributed by atoms with Crippen molar-refractivity contribution >= 4 is 40.7 Å². The molecular weight excluding hydrogens is 348 g/mol. The van der Waals surface area contributed by atoms with Crippen molar-refractivity contribution in [2.75, 3.05) is 24.9 Å². The number of aromatic nitrogens is 2. The van der Waals surface area contributed by atoms with Crippen LogP contribution < -0.4 is 10.6 Å². The molecule has 25 heavy (non-hydrogen) atoms. The predicted molar refractivity (Wildman–Crippen MR) is 92.5 cm³/mol. The molecule has 8 nitrogen and oxygen atoms in total. The number of hydrogen-bond donors (Lipinski definition) is 2. The zero-order valence-corrected chi connectivity index (χ0v) is 14.2. The highest BCUT2D eigenvalue weighted by Crippen LogP contribution is 2.19. The molecule has 0 amide bonds. The third kappa shape index (κ3) is 5.47. The molecule has 0 aliphatic heterocycles. The van der Waals surface area contributed by atoms with Crippen LogP contribution in [0.15, 0.2) is 48.2 Å². The number of methoxy groups -OCH3 is 2. The molecule has 2 rings (SSSR count). The summed E-state index contributed by atoms with van der Waals surface area (Å²) < 4.78 is 9.14. The second kappa shape index (κ2) is 8.65. The number of benzene rings is 1. The maximum absolute atomic E-state index is 11.7. The van der Waals surface area contributed by atoms with Gasteiger partial charge in [-0.05, 0) is 36.4 Å². The number of rotatable bonds is 6. The lowest BCUT2D eigenvalue weighted by Gasteiger charge is -2.10. The number of carbonyl (C=O) groups is 2. The van der Waals surface area contributed by atoms with Gasteiger partial charge in [-0.3, -0.25) is 0 Å². The SMILES string of the molecule is COC(=O)/C=C(/Nc1ccc(Nc2ccc(Cl)nn2)cc1)C(=O)OC. The Morgan fingerprint density at radius 1 is 1.00 bits per heavy atom. The van der Waals surface area contributed by atoms with Crippen LogP contribution in [-0.2, 0) is 19.1 Å². The van der Waals surface area contributed by atoms with Crippen LogP contribution in [0.3, 0.4) is 0 Å². The van der Waals surface area contributed by atoms with E-state index in [2.05, 4.69) is 30.3 Å². The summed E-state index contributed by atoms with van der Waals surface area (Å²) in [6.45, 7) is 0. The van der Waals surface area contributed by atoms with Crippen LogP contribution in [0.1, 0.15) is 0 Å². The van der Waals surface area contributed by atoms with E-state index in [1.54, 1.807) is 36.4 Å². The van der Waals surface area contributed by atoms with Crippen LogP contribution in [0, 0.1) is 0 Å². The highest BCUT2D eigenvalue weighted by Gasteiger charge is 2.12. The molecule has 0 fully saturated rings. The fourth-order valence-electron chi connectivity index (χ4n) is 1.76. The fraction of sp³-hybridized carbons (Fsp3) is 0.125. The van der Waals surface area contributed by atoms with Crippen molar-refractivity contribution in [1.29, 1.82) is 0 Å². The van der Waals surface area contributed by atoms with E-state index < -0.39 is 11.9 Å². The molecule has 0 aliphatic rings. The summed E-state index contributed by atoms with van der Waals surface area (Å²) >= 11 is 5.68. The lowest BCUT2D eigenvalue weighted by atomic mass is 10.2. The monoisotopic (exact) mass is 362 g/mol. The van der Waals surface area contributed by atoms with Crippen LogP contribution in [0.2, 0.25) is 5.15 Å². The van der Waals surface area contributed by atoms with Crippen molar-refractivity contribution in [2.45, 2.75) is 0 Å². The van der Waals surface area contributed by atoms with Gasteiger partial charge in [-0.1, -0.05) is 11.6 Å². The van der Waals surface area contributed by atoms with Crippen molar-refractivity contribution in [2.24, 2.45) is 0 Å². The van der Waals surface area contributed by atoms with E-state index in [9.17, 15) is 9.59 Å². The third-order valence-electron chi connectivity index (χ3n) is 2.94. The summed E-state index contributed by atoms with van der Waals surface area (Å²) in [6, 6.07) is 10.2. The number of nitrogens with one attached hydrogen (secondary N) is 2. The van der Waals surface area contributed by atoms with E-state index in [4.69, 9.17) is 11.6 Å². The van der Waals surface area contributed by atoms with Crippen LogP contribution in [0.4, 0.5) is 17.2 Å². The summed E-state index contributed by atoms with van der Waals surface area (Å²) in [7, 11) is 2.43. The molecule has 0 unspecified atom stereocenters. The van der Waals surface area contributed by atoms with Gasteiger partial charge in [-0.2, -0.15) is 0 Å². The highest BCUT2D eigenvalue weighted by atomic mass is 35.5. The summed E-state index contributed by atoms with van der Waals surface area (Å²) in [6.07, 6.45) is 1.02. The predicted octanol–water partition coefficient (Wildman–Crippen LogP) is 2.52. The molecule has 0 spiro atoms. The topological polar surface area (TPSA) is 102 Å². The van der Waals surface area contributed by atoms with Gasteiger partial charge in [-0.25, -0.2) is 9.59 Å². The first-order chi connectivity index (χ1) is 12.0. The van der Waals surface area contributed by atoms with E-state index in [1.165, 1.54) is 14.2 Å².